The van der Waals surface area contributed by atoms with Crippen LogP contribution in [0.1, 0.15) is 78.4 Å². The lowest BCUT2D eigenvalue weighted by molar-refractivity contribution is -0.438. The summed E-state index contributed by atoms with van der Waals surface area (Å²) in [6.45, 7) is 16.2. The van der Waals surface area contributed by atoms with Crippen molar-refractivity contribution in [3.63, 3.8) is 0 Å². The van der Waals surface area contributed by atoms with Gasteiger partial charge in [-0.05, 0) is 65.6 Å². The predicted octanol–water partition coefficient (Wildman–Crippen LogP) is 13.8. The summed E-state index contributed by atoms with van der Waals surface area (Å²) in [6.07, 6.45) is 15.0. The van der Waals surface area contributed by atoms with Gasteiger partial charge in [-0.15, -0.1) is 0 Å². The average molecular weight is 887 g/mol. The van der Waals surface area contributed by atoms with E-state index in [0.717, 1.165) is 13.1 Å². The molecule has 2 nitrogen and oxygen atoms in total. The van der Waals surface area contributed by atoms with Gasteiger partial charge >= 0.3 is 0 Å². The number of nitrogens with zero attached hydrogens (tertiary/aromatic N) is 2. The monoisotopic (exact) mass is 887 g/mol. The van der Waals surface area contributed by atoms with Crippen molar-refractivity contribution in [3.05, 3.63) is 241 Å². The van der Waals surface area contributed by atoms with Gasteiger partial charge in [0, 0.05) is 47.5 Å². The van der Waals surface area contributed by atoms with Gasteiger partial charge in [0.2, 0.25) is 5.69 Å². The van der Waals surface area contributed by atoms with Gasteiger partial charge in [0.05, 0.1) is 5.41 Å². The number of allylic oxidation sites excluding steroid dienone is 6. The Morgan fingerprint density at radius 1 is 0.471 bits per heavy atom. The second-order valence-corrected chi connectivity index (χ2v) is 19.8. The van der Waals surface area contributed by atoms with E-state index < -0.39 is 6.15 Å². The summed E-state index contributed by atoms with van der Waals surface area (Å²) in [7, 11) is 0. The van der Waals surface area contributed by atoms with Crippen LogP contribution in [-0.2, 0) is 10.8 Å². The average Bonchev–Trinajstić information content (AvgIpc) is 3.74. The maximum Gasteiger partial charge on any atom is 0.210 e. The van der Waals surface area contributed by atoms with Crippen molar-refractivity contribution in [2.75, 3.05) is 18.0 Å². The molecule has 10 rings (SSSR count). The molecule has 3 heteroatoms. The minimum absolute atomic E-state index is 0.0696. The Balaban J connectivity index is 0.000000195. The first-order chi connectivity index (χ1) is 33.2. The Hall–Kier alpha value is -6.97. The van der Waals surface area contributed by atoms with Gasteiger partial charge in [0.1, 0.15) is 12.7 Å². The van der Waals surface area contributed by atoms with Crippen LogP contribution in [0.25, 0.3) is 21.5 Å². The standard InChI is InChI=1S/C41H47N2.C24H20B/c1-7-9-28-42-34-26-24-30-18-14-16-20-32(30)38(34)40(3,4)36(42)22-12-11-13-23-37-41(5,6)39-33-21-17-15-19-31(33)25-27-35(39)43(37)29-10-8-2;1-5-13-21(14-6-1)25(22-15-7-2-8-16-22,23-17-9-3-10-18-23)24-19-11-4-12-20-24/h11-27H,7-10,28-29H2,1-6H3;1-20H/q+1;-1. The van der Waals surface area contributed by atoms with Crippen LogP contribution in [0.2, 0.25) is 0 Å². The number of rotatable bonds is 13. The smallest absolute Gasteiger partial charge is 0.210 e. The number of benzene rings is 8. The first-order valence-corrected chi connectivity index (χ1v) is 25.1. The van der Waals surface area contributed by atoms with Crippen LogP contribution in [0.15, 0.2) is 230 Å². The van der Waals surface area contributed by atoms with Gasteiger partial charge in [0.25, 0.3) is 0 Å². The number of hydrogen-bond donors (Lipinski definition) is 0. The van der Waals surface area contributed by atoms with Crippen LogP contribution >= 0.6 is 0 Å². The van der Waals surface area contributed by atoms with E-state index in [0.29, 0.717) is 0 Å². The van der Waals surface area contributed by atoms with Crippen LogP contribution in [0, 0.1) is 0 Å². The van der Waals surface area contributed by atoms with Gasteiger partial charge < -0.3 is 4.90 Å². The summed E-state index contributed by atoms with van der Waals surface area (Å²) in [5.74, 6) is 0. The molecule has 0 aliphatic carbocycles. The van der Waals surface area contributed by atoms with Crippen molar-refractivity contribution in [1.82, 2.24) is 0 Å². The van der Waals surface area contributed by atoms with Crippen molar-refractivity contribution in [3.8, 4) is 0 Å². The Morgan fingerprint density at radius 2 is 0.941 bits per heavy atom. The second kappa shape index (κ2) is 20.1. The van der Waals surface area contributed by atoms with Crippen molar-refractivity contribution in [1.29, 1.82) is 0 Å². The van der Waals surface area contributed by atoms with E-state index in [2.05, 4.69) is 276 Å². The third-order valence-corrected chi connectivity index (χ3v) is 14.9. The molecular formula is C65H67BN2. The fourth-order valence-electron chi connectivity index (χ4n) is 11.7. The minimum atomic E-state index is -1.22. The maximum atomic E-state index is 2.57. The van der Waals surface area contributed by atoms with Crippen molar-refractivity contribution in [2.45, 2.75) is 78.1 Å². The molecule has 0 unspecified atom stereocenters. The SMILES string of the molecule is CCCCN1/C(=C/C=C/C=C/C2=[N+](CCCC)c3ccc4ccccc4c3C2(C)C)C(C)(C)c2c1ccc1ccccc21.c1ccc([B-](c2ccccc2)(c2ccccc2)c2ccccc2)cc1. The molecule has 0 spiro atoms. The third-order valence-electron chi connectivity index (χ3n) is 14.9. The first kappa shape index (κ1) is 46.2. The van der Waals surface area contributed by atoms with Crippen molar-refractivity contribution < 1.29 is 4.58 Å². The molecule has 0 atom stereocenters. The predicted molar refractivity (Wildman–Crippen MR) is 297 cm³/mol. The van der Waals surface area contributed by atoms with E-state index in [1.165, 1.54) is 103 Å². The number of anilines is 1. The van der Waals surface area contributed by atoms with Crippen LogP contribution in [0.5, 0.6) is 0 Å². The summed E-state index contributed by atoms with van der Waals surface area (Å²) in [6, 6.07) is 70.5. The molecule has 0 saturated carbocycles. The van der Waals surface area contributed by atoms with Crippen LogP contribution in [-0.4, -0.2) is 29.5 Å². The molecule has 0 radical (unpaired) electrons. The van der Waals surface area contributed by atoms with E-state index >= 15 is 0 Å². The molecule has 8 aromatic rings. The van der Waals surface area contributed by atoms with E-state index in [1.807, 2.05) is 0 Å². The molecule has 0 amide bonds. The summed E-state index contributed by atoms with van der Waals surface area (Å²) in [5, 5.41) is 5.39. The molecule has 0 N–H and O–H groups in total. The van der Waals surface area contributed by atoms with E-state index in [1.54, 1.807) is 0 Å². The molecule has 0 saturated heterocycles. The fraction of sp³-hybridized carbons (Fsp3) is 0.215. The number of unbranched alkanes of at least 4 members (excludes halogenated alkanes) is 2. The molecule has 2 aliphatic rings. The van der Waals surface area contributed by atoms with Gasteiger partial charge in [-0.3, -0.25) is 0 Å². The maximum absolute atomic E-state index is 2.57. The Labute approximate surface area is 406 Å². The zero-order chi connectivity index (χ0) is 47.1. The van der Waals surface area contributed by atoms with Crippen molar-refractivity contribution >= 4 is 66.6 Å². The summed E-state index contributed by atoms with van der Waals surface area (Å²) < 4.78 is 2.57. The molecule has 8 aromatic carbocycles. The number of hydrogen-bond acceptors (Lipinski definition) is 1. The molecule has 340 valence electrons. The van der Waals surface area contributed by atoms with Gasteiger partial charge in [-0.25, -0.2) is 0 Å². The molecule has 68 heavy (non-hydrogen) atoms. The quantitative estimate of drug-likeness (QED) is 0.0635. The largest absolute Gasteiger partial charge is 0.344 e. The minimum Gasteiger partial charge on any atom is -0.344 e. The van der Waals surface area contributed by atoms with E-state index in [4.69, 9.17) is 0 Å². The molecule has 0 bridgehead atoms. The lowest BCUT2D eigenvalue weighted by atomic mass is 9.13. The summed E-state index contributed by atoms with van der Waals surface area (Å²) in [4.78, 5) is 2.57. The zero-order valence-corrected chi connectivity index (χ0v) is 41.1. The highest BCUT2D eigenvalue weighted by Crippen LogP contribution is 2.51. The number of fused-ring (bicyclic) bond motifs is 6. The third kappa shape index (κ3) is 8.49. The molecule has 0 fully saturated rings. The molecule has 0 aromatic heterocycles. The zero-order valence-electron chi connectivity index (χ0n) is 41.1. The lowest BCUT2D eigenvalue weighted by Gasteiger charge is -2.44. The van der Waals surface area contributed by atoms with Crippen LogP contribution < -0.4 is 26.8 Å². The van der Waals surface area contributed by atoms with Gasteiger partial charge in [-0.1, -0.05) is 235 Å². The highest BCUT2D eigenvalue weighted by atomic mass is 15.2. The second-order valence-electron chi connectivity index (χ2n) is 19.8. The highest BCUT2D eigenvalue weighted by molar-refractivity contribution is 7.19. The highest BCUT2D eigenvalue weighted by Gasteiger charge is 2.45. The summed E-state index contributed by atoms with van der Waals surface area (Å²) >= 11 is 0. The lowest BCUT2D eigenvalue weighted by Crippen LogP contribution is -2.74. The Bertz CT molecular complexity index is 2960. The normalized spacial score (nSPS) is 15.6. The summed E-state index contributed by atoms with van der Waals surface area (Å²) in [5.41, 5.74) is 13.6. The fourth-order valence-corrected chi connectivity index (χ4v) is 11.7. The molecule has 2 aliphatic heterocycles. The van der Waals surface area contributed by atoms with Crippen LogP contribution in [0.3, 0.4) is 0 Å². The molecule has 2 heterocycles. The van der Waals surface area contributed by atoms with E-state index in [-0.39, 0.29) is 10.8 Å². The topological polar surface area (TPSA) is 6.25 Å². The van der Waals surface area contributed by atoms with E-state index in [9.17, 15) is 0 Å². The Morgan fingerprint density at radius 3 is 1.46 bits per heavy atom. The first-order valence-electron chi connectivity index (χ1n) is 25.1. The molecular weight excluding hydrogens is 820 g/mol. The van der Waals surface area contributed by atoms with Gasteiger partial charge in [-0.2, -0.15) is 26.4 Å². The van der Waals surface area contributed by atoms with Gasteiger partial charge in [0.15, 0.2) is 5.71 Å². The van der Waals surface area contributed by atoms with Crippen LogP contribution in [0.4, 0.5) is 11.4 Å². The van der Waals surface area contributed by atoms with Crippen molar-refractivity contribution in [2.24, 2.45) is 0 Å². The Kier molecular flexibility index (Phi) is 13.6.